The molecule has 3 aliphatic heterocycles. The van der Waals surface area contributed by atoms with E-state index < -0.39 is 11.9 Å². The predicted molar refractivity (Wildman–Crippen MR) is 274 cm³/mol. The Hall–Kier alpha value is -7.23. The smallest absolute Gasteiger partial charge is 0.355 e. The lowest BCUT2D eigenvalue weighted by molar-refractivity contribution is -0.134. The number of hydrogen-bond acceptors (Lipinski definition) is 13. The predicted octanol–water partition coefficient (Wildman–Crippen LogP) is 5.07. The molecule has 11 rings (SSSR count). The summed E-state index contributed by atoms with van der Waals surface area (Å²) in [5.41, 5.74) is 12.9. The number of para-hydroxylation sites is 1. The first kappa shape index (κ1) is 47.1. The number of piperazine rings is 1. The van der Waals surface area contributed by atoms with Gasteiger partial charge in [-0.15, -0.1) is 0 Å². The zero-order chi connectivity index (χ0) is 49.5. The molecule has 3 aliphatic carbocycles. The maximum Gasteiger partial charge on any atom is 0.355 e. The molecular formula is C55H55N9O7S. The molecule has 0 bridgehead atoms. The Balaban J connectivity index is 0.663. The molecule has 16 nitrogen and oxygen atoms in total. The Kier molecular flexibility index (Phi) is 13.2. The van der Waals surface area contributed by atoms with Gasteiger partial charge in [-0.3, -0.25) is 34.6 Å². The number of amides is 3. The van der Waals surface area contributed by atoms with Crippen molar-refractivity contribution >= 4 is 73.6 Å². The number of aromatic nitrogens is 4. The monoisotopic (exact) mass is 985 g/mol. The average molecular weight is 986 g/mol. The molecule has 2 saturated heterocycles. The molecule has 368 valence electrons. The number of fused-ring (bicyclic) bond motifs is 3. The highest BCUT2D eigenvalue weighted by molar-refractivity contribution is 7.22. The second-order valence-electron chi connectivity index (χ2n) is 19.1. The Morgan fingerprint density at radius 2 is 1.75 bits per heavy atom. The molecule has 6 aliphatic rings. The van der Waals surface area contributed by atoms with Crippen molar-refractivity contribution in [1.29, 1.82) is 0 Å². The molecule has 0 saturated carbocycles. The van der Waals surface area contributed by atoms with Gasteiger partial charge < -0.3 is 24.4 Å². The molecule has 17 heteroatoms. The van der Waals surface area contributed by atoms with Gasteiger partial charge in [-0.25, -0.2) is 14.8 Å². The maximum absolute atomic E-state index is 13.7. The highest BCUT2D eigenvalue weighted by atomic mass is 32.1. The number of piperidine rings is 1. The minimum absolute atomic E-state index is 0.00560. The Morgan fingerprint density at radius 3 is 2.56 bits per heavy atom. The van der Waals surface area contributed by atoms with Crippen LogP contribution >= 0.6 is 11.3 Å². The SMILES string of the molecule is CC1C(c2ccc(N3CCc4cccc(C(=O)Nc5nc6ccccc6s5)c4C3)nc2C(=O)O)=CC=CC1O[C@@H]1C=C[C@@H](OCCN2CCN(C3=C=C=c4c(C5CCC(=O)NC5=O)nn(C)c4=C3)CC2)CC1. The van der Waals surface area contributed by atoms with E-state index in [-0.39, 0.29) is 47.6 Å². The number of carbonyl (C=O) groups is 4. The Bertz CT molecular complexity index is 3280. The summed E-state index contributed by atoms with van der Waals surface area (Å²) in [6.45, 7) is 8.00. The van der Waals surface area contributed by atoms with Crippen LogP contribution < -0.4 is 26.1 Å². The summed E-state index contributed by atoms with van der Waals surface area (Å²) in [4.78, 5) is 66.9. The summed E-state index contributed by atoms with van der Waals surface area (Å²) >= 11 is 1.43. The molecule has 3 N–H and O–H groups in total. The molecule has 3 unspecified atom stereocenters. The number of imide groups is 1. The minimum Gasteiger partial charge on any atom is -0.476 e. The van der Waals surface area contributed by atoms with Crippen LogP contribution in [-0.4, -0.2) is 123 Å². The van der Waals surface area contributed by atoms with Gasteiger partial charge in [-0.05, 0) is 84.5 Å². The first-order valence-corrected chi connectivity index (χ1v) is 25.6. The van der Waals surface area contributed by atoms with Gasteiger partial charge in [0.05, 0.1) is 63.0 Å². The van der Waals surface area contributed by atoms with E-state index >= 15 is 0 Å². The number of allylic oxidation sites excluding steroid dienone is 3. The van der Waals surface area contributed by atoms with Crippen LogP contribution in [0.1, 0.15) is 81.8 Å². The minimum atomic E-state index is -1.11. The zero-order valence-corrected chi connectivity index (χ0v) is 41.0. The number of ether oxygens (including phenoxy) is 2. The van der Waals surface area contributed by atoms with E-state index in [1.165, 1.54) is 11.3 Å². The highest BCUT2D eigenvalue weighted by Crippen LogP contribution is 2.36. The number of hydrogen-bond donors (Lipinski definition) is 3. The molecule has 5 atom stereocenters. The molecule has 0 spiro atoms. The van der Waals surface area contributed by atoms with E-state index in [1.807, 2.05) is 84.8 Å². The third-order valence-corrected chi connectivity index (χ3v) is 15.6. The lowest BCUT2D eigenvalue weighted by Crippen LogP contribution is -2.47. The third kappa shape index (κ3) is 9.62. The first-order chi connectivity index (χ1) is 35.0. The lowest BCUT2D eigenvalue weighted by Gasteiger charge is -2.36. The molecular weight excluding hydrogens is 931 g/mol. The van der Waals surface area contributed by atoms with E-state index in [0.29, 0.717) is 66.7 Å². The van der Waals surface area contributed by atoms with E-state index in [2.05, 4.69) is 67.1 Å². The molecule has 72 heavy (non-hydrogen) atoms. The van der Waals surface area contributed by atoms with Crippen molar-refractivity contribution in [2.75, 3.05) is 56.1 Å². The van der Waals surface area contributed by atoms with Crippen molar-refractivity contribution in [1.82, 2.24) is 34.9 Å². The van der Waals surface area contributed by atoms with Crippen LogP contribution in [0.2, 0.25) is 0 Å². The van der Waals surface area contributed by atoms with Crippen molar-refractivity contribution in [2.24, 2.45) is 13.0 Å². The van der Waals surface area contributed by atoms with Crippen molar-refractivity contribution < 1.29 is 33.8 Å². The summed E-state index contributed by atoms with van der Waals surface area (Å²) in [5, 5.41) is 22.8. The lowest BCUT2D eigenvalue weighted by atomic mass is 9.85. The molecule has 2 aromatic carbocycles. The van der Waals surface area contributed by atoms with Crippen LogP contribution in [0.3, 0.4) is 0 Å². The fraction of sp³-hybridized carbons (Fsp3) is 0.364. The molecule has 0 radical (unpaired) electrons. The van der Waals surface area contributed by atoms with Gasteiger partial charge in [0.1, 0.15) is 5.82 Å². The number of benzene rings is 2. The van der Waals surface area contributed by atoms with Gasteiger partial charge in [0, 0.05) is 76.3 Å². The number of pyridine rings is 1. The summed E-state index contributed by atoms with van der Waals surface area (Å²) in [6.07, 6.45) is 14.9. The van der Waals surface area contributed by atoms with Gasteiger partial charge in [-0.2, -0.15) is 5.10 Å². The van der Waals surface area contributed by atoms with Crippen molar-refractivity contribution in [3.63, 3.8) is 0 Å². The topological polar surface area (TPSA) is 184 Å². The standard InChI is InChI=1S/C55H55N9O7S/c1-33-38(39-19-21-48(57-51(39)54(68)69)64-24-23-34-7-5-9-40(43(34)32-64)52(66)59-55-56-44-10-3-4-12-47(44)72-55)8-6-11-46(33)71-37-16-14-36(15-17-37)70-30-29-62-25-27-63(28-26-62)35-13-18-41-45(31-35)61(2)60-50(41)42-20-22-49(65)58-53(42)67/h3-12,14,16,19,21,31,33,36-37,42,46H,15,17,20,22-30,32H2,1-2H3,(H,68,69)(H,56,59,66)(H,58,65,67)/t33?,36-,37-,42?,46?/m1/s1. The number of anilines is 2. The quantitative estimate of drug-likeness (QED) is 0.0809. The van der Waals surface area contributed by atoms with E-state index in [1.54, 1.807) is 4.68 Å². The normalized spacial score (nSPS) is 22.9. The number of nitrogens with zero attached hydrogens (tertiary/aromatic N) is 7. The van der Waals surface area contributed by atoms with Crippen molar-refractivity contribution in [3.05, 3.63) is 141 Å². The fourth-order valence-electron chi connectivity index (χ4n) is 10.6. The number of aromatic carboxylic acids is 1. The molecule has 6 heterocycles. The number of thiazole rings is 1. The van der Waals surface area contributed by atoms with Crippen LogP contribution in [0, 0.1) is 5.92 Å². The fourth-order valence-corrected chi connectivity index (χ4v) is 11.5. The molecule has 2 fully saturated rings. The van der Waals surface area contributed by atoms with Gasteiger partial charge in [-0.1, -0.05) is 78.6 Å². The van der Waals surface area contributed by atoms with Crippen molar-refractivity contribution in [2.45, 2.75) is 69.8 Å². The van der Waals surface area contributed by atoms with Gasteiger partial charge in [0.2, 0.25) is 11.8 Å². The number of rotatable bonds is 13. The van der Waals surface area contributed by atoms with Gasteiger partial charge in [0.25, 0.3) is 5.91 Å². The van der Waals surface area contributed by atoms with E-state index in [4.69, 9.17) is 14.5 Å². The summed E-state index contributed by atoms with van der Waals surface area (Å²) < 4.78 is 15.8. The Labute approximate surface area is 420 Å². The first-order valence-electron chi connectivity index (χ1n) is 24.8. The Morgan fingerprint density at radius 1 is 0.917 bits per heavy atom. The largest absolute Gasteiger partial charge is 0.476 e. The number of carboxylic acid groups (broad SMARTS) is 1. The van der Waals surface area contributed by atoms with Crippen LogP contribution in [0.25, 0.3) is 27.6 Å². The van der Waals surface area contributed by atoms with Crippen LogP contribution in [-0.2, 0) is 39.1 Å². The molecule has 3 aromatic heterocycles. The van der Waals surface area contributed by atoms with Crippen LogP contribution in [0.4, 0.5) is 10.9 Å². The van der Waals surface area contributed by atoms with Crippen LogP contribution in [0.5, 0.6) is 0 Å². The van der Waals surface area contributed by atoms with Gasteiger partial charge >= 0.3 is 5.97 Å². The average Bonchev–Trinajstić information content (AvgIpc) is 3.96. The van der Waals surface area contributed by atoms with Gasteiger partial charge in [0.15, 0.2) is 10.8 Å². The van der Waals surface area contributed by atoms with E-state index in [9.17, 15) is 24.3 Å². The zero-order valence-electron chi connectivity index (χ0n) is 40.2. The van der Waals surface area contributed by atoms with Crippen LogP contribution in [0.15, 0.2) is 96.4 Å². The van der Waals surface area contributed by atoms with Crippen molar-refractivity contribution in [3.8, 4) is 0 Å². The second-order valence-corrected chi connectivity index (χ2v) is 20.1. The molecule has 5 aromatic rings. The summed E-state index contributed by atoms with van der Waals surface area (Å²) in [7, 11) is 1.87. The third-order valence-electron chi connectivity index (χ3n) is 14.6. The maximum atomic E-state index is 13.7. The second kappa shape index (κ2) is 20.1. The number of aryl methyl sites for hydroxylation is 1. The number of nitrogens with one attached hydrogen (secondary N) is 2. The number of carboxylic acids is 1. The molecule has 3 amide bonds. The highest BCUT2D eigenvalue weighted by Gasteiger charge is 2.33. The van der Waals surface area contributed by atoms with E-state index in [0.717, 1.165) is 88.7 Å². The summed E-state index contributed by atoms with van der Waals surface area (Å²) in [6, 6.07) is 17.3. The summed E-state index contributed by atoms with van der Waals surface area (Å²) in [5.74, 6) is -1.95. The number of carbonyl (C=O) groups excluding carboxylic acids is 3.